The summed E-state index contributed by atoms with van der Waals surface area (Å²) in [6, 6.07) is 4.25. The van der Waals surface area contributed by atoms with Crippen LogP contribution in [0.25, 0.3) is 10.4 Å². The molecule has 66 valence electrons. The molecule has 1 aromatic carbocycles. The lowest BCUT2D eigenvalue weighted by Gasteiger charge is -1.97. The number of azide groups is 1. The van der Waals surface area contributed by atoms with Gasteiger partial charge >= 0.3 is 0 Å². The SMILES string of the molecule is [N-]=[N+]=N[14C](=O)c1ccc(Cl)c(Cl)c1. The summed E-state index contributed by atoms with van der Waals surface area (Å²) in [5.41, 5.74) is 8.22. The van der Waals surface area contributed by atoms with Crippen LogP contribution in [0.2, 0.25) is 10.0 Å². The second-order valence-electron chi connectivity index (χ2n) is 2.12. The van der Waals surface area contributed by atoms with Crippen molar-refractivity contribution in [1.82, 2.24) is 0 Å². The maximum atomic E-state index is 11.0. The highest BCUT2D eigenvalue weighted by Gasteiger charge is 2.05. The fraction of sp³-hybridized carbons (Fsp3) is 0. The minimum Gasteiger partial charge on any atom is -0.287 e. The predicted molar refractivity (Wildman–Crippen MR) is 49.9 cm³/mol. The molecule has 0 heterocycles. The highest BCUT2D eigenvalue weighted by molar-refractivity contribution is 6.42. The molecule has 0 aliphatic rings. The van der Waals surface area contributed by atoms with E-state index < -0.39 is 5.91 Å². The minimum absolute atomic E-state index is 0.215. The van der Waals surface area contributed by atoms with Gasteiger partial charge in [0.25, 0.3) is 0 Å². The molecule has 0 aromatic heterocycles. The van der Waals surface area contributed by atoms with E-state index in [0.29, 0.717) is 5.02 Å². The van der Waals surface area contributed by atoms with Gasteiger partial charge in [0, 0.05) is 10.5 Å². The first-order valence-corrected chi connectivity index (χ1v) is 3.95. The number of carbonyl (C=O) groups excluding carboxylic acids is 1. The van der Waals surface area contributed by atoms with Crippen molar-refractivity contribution in [3.63, 3.8) is 0 Å². The monoisotopic (exact) mass is 217 g/mol. The smallest absolute Gasteiger partial charge is 0.249 e. The number of benzene rings is 1. The number of carbonyl (C=O) groups is 1. The number of amides is 1. The molecule has 0 saturated carbocycles. The van der Waals surface area contributed by atoms with E-state index >= 15 is 0 Å². The van der Waals surface area contributed by atoms with Gasteiger partial charge in [0.2, 0.25) is 5.91 Å². The minimum atomic E-state index is -0.680. The zero-order valence-electron chi connectivity index (χ0n) is 6.24. The van der Waals surface area contributed by atoms with Crippen LogP contribution in [0.3, 0.4) is 0 Å². The molecule has 13 heavy (non-hydrogen) atoms. The predicted octanol–water partition coefficient (Wildman–Crippen LogP) is 3.44. The quantitative estimate of drug-likeness (QED) is 0.404. The molecule has 6 heteroatoms. The van der Waals surface area contributed by atoms with Gasteiger partial charge in [-0.25, -0.2) is 0 Å². The average molecular weight is 218 g/mol. The van der Waals surface area contributed by atoms with Crippen LogP contribution in [-0.4, -0.2) is 5.91 Å². The second kappa shape index (κ2) is 4.14. The number of nitrogens with zero attached hydrogens (tertiary/aromatic N) is 3. The van der Waals surface area contributed by atoms with Crippen molar-refractivity contribution in [1.29, 1.82) is 0 Å². The van der Waals surface area contributed by atoms with Crippen molar-refractivity contribution in [2.45, 2.75) is 0 Å². The molecule has 0 aliphatic heterocycles. The summed E-state index contributed by atoms with van der Waals surface area (Å²) in [5, 5.41) is 3.50. The lowest BCUT2D eigenvalue weighted by atomic mass is 10.3. The lowest BCUT2D eigenvalue weighted by molar-refractivity contribution is 0.100. The lowest BCUT2D eigenvalue weighted by Crippen LogP contribution is -1.92. The van der Waals surface area contributed by atoms with Gasteiger partial charge in [-0.15, -0.1) is 0 Å². The molecule has 1 rings (SSSR count). The van der Waals surface area contributed by atoms with E-state index in [9.17, 15) is 4.79 Å². The van der Waals surface area contributed by atoms with Crippen molar-refractivity contribution in [2.24, 2.45) is 5.11 Å². The molecule has 4 nitrogen and oxygen atoms in total. The molecule has 1 aromatic rings. The summed E-state index contributed by atoms with van der Waals surface area (Å²) in [6.07, 6.45) is 0. The van der Waals surface area contributed by atoms with Crippen LogP contribution in [0.1, 0.15) is 10.4 Å². The van der Waals surface area contributed by atoms with Gasteiger partial charge in [-0.2, -0.15) is 0 Å². The Hall–Kier alpha value is -1.22. The number of rotatable bonds is 1. The van der Waals surface area contributed by atoms with Gasteiger partial charge in [-0.3, -0.25) is 4.79 Å². The molecule has 0 radical (unpaired) electrons. The van der Waals surface area contributed by atoms with Crippen LogP contribution in [-0.2, 0) is 0 Å². The Bertz CT molecular complexity index is 399. The molecule has 0 bridgehead atoms. The zero-order chi connectivity index (χ0) is 9.84. The third kappa shape index (κ3) is 2.36. The first kappa shape index (κ1) is 9.86. The second-order valence-corrected chi connectivity index (χ2v) is 2.94. The maximum Gasteiger partial charge on any atom is 0.249 e. The Morgan fingerprint density at radius 2 is 2.08 bits per heavy atom. The Morgan fingerprint density at radius 3 is 2.62 bits per heavy atom. The Labute approximate surface area is 83.7 Å². The first-order valence-electron chi connectivity index (χ1n) is 3.19. The molecular formula is C7H3Cl2N3O. The van der Waals surface area contributed by atoms with E-state index in [1.165, 1.54) is 18.2 Å². The molecule has 0 aliphatic carbocycles. The molecule has 0 saturated heterocycles. The van der Waals surface area contributed by atoms with Gasteiger partial charge < -0.3 is 0 Å². The summed E-state index contributed by atoms with van der Waals surface area (Å²) in [7, 11) is 0. The topological polar surface area (TPSA) is 65.8 Å². The fourth-order valence-corrected chi connectivity index (χ4v) is 1.03. The van der Waals surface area contributed by atoms with E-state index in [-0.39, 0.29) is 10.6 Å². The molecular weight excluding hydrogens is 215 g/mol. The van der Waals surface area contributed by atoms with Crippen LogP contribution in [0, 0.1) is 0 Å². The highest BCUT2D eigenvalue weighted by atomic mass is 35.5. The summed E-state index contributed by atoms with van der Waals surface area (Å²) < 4.78 is 0. The summed E-state index contributed by atoms with van der Waals surface area (Å²) >= 11 is 11.3. The third-order valence-electron chi connectivity index (χ3n) is 1.30. The van der Waals surface area contributed by atoms with Crippen molar-refractivity contribution < 1.29 is 4.79 Å². The molecule has 1 amide bonds. The first-order chi connectivity index (χ1) is 6.15. The standard InChI is InChI=1S/C7H3Cl2N3O/c8-5-2-1-4(3-6(5)9)7(13)11-12-10/h1-3H/i7+2. The van der Waals surface area contributed by atoms with Crippen molar-refractivity contribution in [3.8, 4) is 0 Å². The summed E-state index contributed by atoms with van der Waals surface area (Å²) in [5.74, 6) is -0.680. The van der Waals surface area contributed by atoms with Gasteiger partial charge in [0.1, 0.15) is 0 Å². The van der Waals surface area contributed by atoms with Crippen LogP contribution < -0.4 is 0 Å². The van der Waals surface area contributed by atoms with E-state index in [1.807, 2.05) is 0 Å². The molecule has 0 atom stereocenters. The van der Waals surface area contributed by atoms with Gasteiger partial charge in [-0.1, -0.05) is 23.2 Å². The summed E-state index contributed by atoms with van der Waals surface area (Å²) in [6.45, 7) is 0. The van der Waals surface area contributed by atoms with Crippen LogP contribution in [0.5, 0.6) is 0 Å². The van der Waals surface area contributed by atoms with E-state index in [0.717, 1.165) is 0 Å². The number of hydrogen-bond donors (Lipinski definition) is 0. The Morgan fingerprint density at radius 1 is 1.38 bits per heavy atom. The Kier molecular flexibility index (Phi) is 3.14. The van der Waals surface area contributed by atoms with Crippen molar-refractivity contribution in [2.75, 3.05) is 0 Å². The van der Waals surface area contributed by atoms with E-state index in [2.05, 4.69) is 10.0 Å². The maximum absolute atomic E-state index is 11.0. The van der Waals surface area contributed by atoms with Crippen LogP contribution in [0.15, 0.2) is 23.3 Å². The normalized spacial score (nSPS) is 9.08. The highest BCUT2D eigenvalue weighted by Crippen LogP contribution is 2.22. The largest absolute Gasteiger partial charge is 0.287 e. The molecule has 0 spiro atoms. The number of halogens is 2. The van der Waals surface area contributed by atoms with Crippen molar-refractivity contribution in [3.05, 3.63) is 44.3 Å². The van der Waals surface area contributed by atoms with Crippen LogP contribution >= 0.6 is 23.2 Å². The van der Waals surface area contributed by atoms with E-state index in [1.54, 1.807) is 0 Å². The Balaban J connectivity index is 3.10. The number of hydrogen-bond acceptors (Lipinski definition) is 1. The molecule has 0 unspecified atom stereocenters. The molecule has 0 N–H and O–H groups in total. The zero-order valence-corrected chi connectivity index (χ0v) is 7.75. The van der Waals surface area contributed by atoms with Crippen molar-refractivity contribution >= 4 is 29.1 Å². The third-order valence-corrected chi connectivity index (χ3v) is 2.04. The summed E-state index contributed by atoms with van der Waals surface area (Å²) in [4.78, 5) is 13.3. The van der Waals surface area contributed by atoms with E-state index in [4.69, 9.17) is 28.7 Å². The van der Waals surface area contributed by atoms with Gasteiger partial charge in [0.15, 0.2) is 0 Å². The average Bonchev–Trinajstić information content (AvgIpc) is 2.10. The van der Waals surface area contributed by atoms with Gasteiger partial charge in [-0.05, 0) is 28.8 Å². The fourth-order valence-electron chi connectivity index (χ4n) is 0.728. The van der Waals surface area contributed by atoms with Gasteiger partial charge in [0.05, 0.1) is 10.0 Å². The van der Waals surface area contributed by atoms with Crippen LogP contribution in [0.4, 0.5) is 0 Å². The molecule has 0 fully saturated rings.